The van der Waals surface area contributed by atoms with Crippen molar-refractivity contribution in [1.82, 2.24) is 24.6 Å². The fourth-order valence-corrected chi connectivity index (χ4v) is 2.92. The molecule has 0 aliphatic carbocycles. The topological polar surface area (TPSA) is 58.9 Å². The third-order valence-electron chi connectivity index (χ3n) is 3.96. The fourth-order valence-electron chi connectivity index (χ4n) is 2.72. The van der Waals surface area contributed by atoms with Crippen molar-refractivity contribution in [3.05, 3.63) is 53.4 Å². The van der Waals surface area contributed by atoms with Crippen LogP contribution >= 0.6 is 11.6 Å². The molecule has 0 radical (unpaired) electrons. The summed E-state index contributed by atoms with van der Waals surface area (Å²) in [6.07, 6.45) is -0.824. The molecule has 0 aliphatic rings. The van der Waals surface area contributed by atoms with Crippen LogP contribution in [0.3, 0.4) is 0 Å². The number of alkyl halides is 3. The highest BCUT2D eigenvalue weighted by molar-refractivity contribution is 6.32. The normalized spacial score (nSPS) is 11.8. The van der Waals surface area contributed by atoms with Crippen molar-refractivity contribution in [2.75, 3.05) is 19.4 Å². The Kier molecular flexibility index (Phi) is 6.39. The molecule has 154 valence electrons. The van der Waals surface area contributed by atoms with Crippen molar-refractivity contribution in [3.8, 4) is 11.3 Å². The Morgan fingerprint density at radius 2 is 2.00 bits per heavy atom. The van der Waals surface area contributed by atoms with Crippen molar-refractivity contribution in [3.63, 3.8) is 0 Å². The van der Waals surface area contributed by atoms with Crippen LogP contribution in [0.1, 0.15) is 12.0 Å². The van der Waals surface area contributed by atoms with E-state index in [0.717, 1.165) is 17.8 Å². The van der Waals surface area contributed by atoms with Gasteiger partial charge in [0.25, 0.3) is 0 Å². The van der Waals surface area contributed by atoms with Crippen molar-refractivity contribution >= 4 is 23.2 Å². The molecule has 0 aliphatic heterocycles. The number of aromatic nitrogens is 4. The van der Waals surface area contributed by atoms with Gasteiger partial charge in [0.05, 0.1) is 29.5 Å². The SMILES string of the molecule is CN(C)Cc1cccc(Nc2ncc(Cl)c(-c3cnn(CCC(F)(F)F)c3)n2)c1. The Hall–Kier alpha value is -2.65. The largest absolute Gasteiger partial charge is 0.390 e. The minimum Gasteiger partial charge on any atom is -0.324 e. The van der Waals surface area contributed by atoms with Gasteiger partial charge in [-0.05, 0) is 31.8 Å². The summed E-state index contributed by atoms with van der Waals surface area (Å²) in [6, 6.07) is 7.84. The first-order chi connectivity index (χ1) is 13.7. The van der Waals surface area contributed by atoms with Gasteiger partial charge < -0.3 is 10.2 Å². The second kappa shape index (κ2) is 8.79. The highest BCUT2D eigenvalue weighted by atomic mass is 35.5. The minimum absolute atomic E-state index is 0.268. The molecular weight excluding hydrogens is 405 g/mol. The molecule has 1 N–H and O–H groups in total. The molecule has 0 spiro atoms. The minimum atomic E-state index is -4.24. The van der Waals surface area contributed by atoms with E-state index in [1.165, 1.54) is 23.3 Å². The molecule has 0 bridgehead atoms. The Morgan fingerprint density at radius 3 is 2.72 bits per heavy atom. The van der Waals surface area contributed by atoms with Gasteiger partial charge in [-0.1, -0.05) is 23.7 Å². The van der Waals surface area contributed by atoms with Crippen LogP contribution in [0.5, 0.6) is 0 Å². The van der Waals surface area contributed by atoms with Crippen LogP contribution in [-0.4, -0.2) is 44.9 Å². The number of rotatable bonds is 7. The number of anilines is 2. The molecule has 0 fully saturated rings. The van der Waals surface area contributed by atoms with Crippen molar-refractivity contribution in [2.45, 2.75) is 25.7 Å². The Morgan fingerprint density at radius 1 is 1.21 bits per heavy atom. The van der Waals surface area contributed by atoms with Gasteiger partial charge in [0.2, 0.25) is 5.95 Å². The van der Waals surface area contributed by atoms with Gasteiger partial charge in [-0.3, -0.25) is 4.68 Å². The highest BCUT2D eigenvalue weighted by Gasteiger charge is 2.26. The zero-order valence-corrected chi connectivity index (χ0v) is 16.7. The van der Waals surface area contributed by atoms with Crippen molar-refractivity contribution in [1.29, 1.82) is 0 Å². The van der Waals surface area contributed by atoms with E-state index in [1.54, 1.807) is 0 Å². The van der Waals surface area contributed by atoms with Crippen LogP contribution < -0.4 is 5.32 Å². The summed E-state index contributed by atoms with van der Waals surface area (Å²) in [7, 11) is 3.98. The molecule has 29 heavy (non-hydrogen) atoms. The van der Waals surface area contributed by atoms with E-state index in [0.29, 0.717) is 17.2 Å². The zero-order chi connectivity index (χ0) is 21.0. The number of halogens is 4. The molecule has 0 amide bonds. The molecule has 2 heterocycles. The average Bonchev–Trinajstić information content (AvgIpc) is 3.10. The number of aryl methyl sites for hydroxylation is 1. The standard InChI is InChI=1S/C19H20ClF3N6/c1-28(2)11-13-4-3-5-15(8-13)26-18-24-10-16(20)17(27-18)14-9-25-29(12-14)7-6-19(21,22)23/h3-5,8-10,12H,6-7,11H2,1-2H3,(H,24,26,27). The maximum atomic E-state index is 12.4. The van der Waals surface area contributed by atoms with E-state index in [1.807, 2.05) is 38.4 Å². The third-order valence-corrected chi connectivity index (χ3v) is 4.23. The van der Waals surface area contributed by atoms with Crippen LogP contribution in [-0.2, 0) is 13.1 Å². The number of nitrogens with one attached hydrogen (secondary N) is 1. The second-order valence-electron chi connectivity index (χ2n) is 6.81. The van der Waals surface area contributed by atoms with Crippen molar-refractivity contribution < 1.29 is 13.2 Å². The predicted molar refractivity (Wildman–Crippen MR) is 106 cm³/mol. The predicted octanol–water partition coefficient (Wildman–Crippen LogP) is 4.75. The van der Waals surface area contributed by atoms with Crippen LogP contribution in [0.25, 0.3) is 11.3 Å². The second-order valence-corrected chi connectivity index (χ2v) is 7.22. The van der Waals surface area contributed by atoms with Crippen LogP contribution in [0.4, 0.5) is 24.8 Å². The maximum absolute atomic E-state index is 12.4. The van der Waals surface area contributed by atoms with Gasteiger partial charge in [-0.25, -0.2) is 9.97 Å². The lowest BCUT2D eigenvalue weighted by Gasteiger charge is -2.12. The third kappa shape index (κ3) is 6.16. The lowest BCUT2D eigenvalue weighted by molar-refractivity contribution is -0.137. The van der Waals surface area contributed by atoms with E-state index < -0.39 is 12.6 Å². The quantitative estimate of drug-likeness (QED) is 0.593. The van der Waals surface area contributed by atoms with Gasteiger partial charge in [0, 0.05) is 30.5 Å². The smallest absolute Gasteiger partial charge is 0.324 e. The molecule has 2 aromatic heterocycles. The molecule has 1 aromatic carbocycles. The monoisotopic (exact) mass is 424 g/mol. The number of nitrogens with zero attached hydrogens (tertiary/aromatic N) is 5. The lowest BCUT2D eigenvalue weighted by Crippen LogP contribution is -2.12. The van der Waals surface area contributed by atoms with Gasteiger partial charge in [-0.15, -0.1) is 0 Å². The summed E-state index contributed by atoms with van der Waals surface area (Å²) in [5.41, 5.74) is 2.86. The molecular formula is C19H20ClF3N6. The Labute approximate surface area is 171 Å². The molecule has 0 saturated heterocycles. The summed E-state index contributed by atoms with van der Waals surface area (Å²) < 4.78 is 38.4. The zero-order valence-electron chi connectivity index (χ0n) is 15.9. The first-order valence-electron chi connectivity index (χ1n) is 8.82. The van der Waals surface area contributed by atoms with E-state index in [2.05, 4.69) is 25.3 Å². The number of hydrogen-bond acceptors (Lipinski definition) is 5. The Balaban J connectivity index is 1.78. The molecule has 0 unspecified atom stereocenters. The van der Waals surface area contributed by atoms with Gasteiger partial charge >= 0.3 is 6.18 Å². The first-order valence-corrected chi connectivity index (χ1v) is 9.20. The molecule has 10 heteroatoms. The van der Waals surface area contributed by atoms with E-state index >= 15 is 0 Å². The summed E-state index contributed by atoms with van der Waals surface area (Å²) in [6.45, 7) is 0.523. The van der Waals surface area contributed by atoms with Gasteiger partial charge in [-0.2, -0.15) is 18.3 Å². The van der Waals surface area contributed by atoms with E-state index in [-0.39, 0.29) is 11.6 Å². The lowest BCUT2D eigenvalue weighted by atomic mass is 10.2. The maximum Gasteiger partial charge on any atom is 0.390 e. The fraction of sp³-hybridized carbons (Fsp3) is 0.316. The molecule has 0 atom stereocenters. The summed E-state index contributed by atoms with van der Waals surface area (Å²) >= 11 is 6.20. The van der Waals surface area contributed by atoms with Gasteiger partial charge in [0.1, 0.15) is 0 Å². The summed E-state index contributed by atoms with van der Waals surface area (Å²) in [5, 5.41) is 7.38. The van der Waals surface area contributed by atoms with Crippen LogP contribution in [0.15, 0.2) is 42.9 Å². The molecule has 0 saturated carbocycles. The van der Waals surface area contributed by atoms with Crippen LogP contribution in [0, 0.1) is 0 Å². The number of benzene rings is 1. The average molecular weight is 425 g/mol. The van der Waals surface area contributed by atoms with E-state index in [4.69, 9.17) is 11.6 Å². The summed E-state index contributed by atoms with van der Waals surface area (Å²) in [5.74, 6) is 0.328. The molecule has 3 aromatic rings. The van der Waals surface area contributed by atoms with Gasteiger partial charge in [0.15, 0.2) is 0 Å². The molecule has 6 nitrogen and oxygen atoms in total. The highest BCUT2D eigenvalue weighted by Crippen LogP contribution is 2.27. The number of hydrogen-bond donors (Lipinski definition) is 1. The Bertz CT molecular complexity index is 971. The summed E-state index contributed by atoms with van der Waals surface area (Å²) in [4.78, 5) is 10.7. The molecule has 3 rings (SSSR count). The van der Waals surface area contributed by atoms with Crippen molar-refractivity contribution in [2.24, 2.45) is 0 Å². The first kappa shape index (κ1) is 21.1. The van der Waals surface area contributed by atoms with Crippen LogP contribution in [0.2, 0.25) is 5.02 Å². The van der Waals surface area contributed by atoms with E-state index in [9.17, 15) is 13.2 Å².